The van der Waals surface area contributed by atoms with E-state index in [-0.39, 0.29) is 39.5 Å². The number of para-hydroxylation sites is 1. The Morgan fingerprint density at radius 2 is 1.65 bits per heavy atom. The van der Waals surface area contributed by atoms with E-state index < -0.39 is 21.3 Å². The van der Waals surface area contributed by atoms with Gasteiger partial charge in [0.15, 0.2) is 5.75 Å². The zero-order valence-electron chi connectivity index (χ0n) is 19.2. The fourth-order valence-corrected chi connectivity index (χ4v) is 5.64. The number of imide groups is 1. The number of benzene rings is 3. The Bertz CT molecular complexity index is 1480. The lowest BCUT2D eigenvalue weighted by atomic mass is 10.2. The summed E-state index contributed by atoms with van der Waals surface area (Å²) in [6.07, 6.45) is 1.46. The molecule has 0 aromatic heterocycles. The molecule has 4 rings (SSSR count). The van der Waals surface area contributed by atoms with Crippen molar-refractivity contribution in [3.05, 3.63) is 87.2 Å². The molecule has 0 bridgehead atoms. The molecule has 0 N–H and O–H groups in total. The second-order valence-electron chi connectivity index (χ2n) is 7.50. The van der Waals surface area contributed by atoms with Crippen LogP contribution in [-0.4, -0.2) is 44.7 Å². The molecule has 12 heteroatoms. The smallest absolute Gasteiger partial charge is 0.339 e. The summed E-state index contributed by atoms with van der Waals surface area (Å²) in [5, 5.41) is -0.0881. The van der Waals surface area contributed by atoms with Crippen LogP contribution in [0.15, 0.2) is 76.5 Å². The van der Waals surface area contributed by atoms with Crippen LogP contribution in [0.3, 0.4) is 0 Å². The first kappa shape index (κ1) is 26.9. The zero-order valence-corrected chi connectivity index (χ0v) is 22.4. The number of halogens is 2. The monoisotopic (exact) mass is 579 g/mol. The molecule has 1 fully saturated rings. The van der Waals surface area contributed by atoms with Crippen molar-refractivity contribution in [2.45, 2.75) is 4.90 Å². The molecule has 37 heavy (non-hydrogen) atoms. The van der Waals surface area contributed by atoms with Crippen molar-refractivity contribution in [2.24, 2.45) is 0 Å². The molecule has 0 atom stereocenters. The molecule has 1 heterocycles. The highest BCUT2D eigenvalue weighted by Crippen LogP contribution is 2.40. The van der Waals surface area contributed by atoms with Gasteiger partial charge in [0, 0.05) is 0 Å². The molecule has 2 amide bonds. The quantitative estimate of drug-likeness (QED) is 0.229. The van der Waals surface area contributed by atoms with Crippen molar-refractivity contribution >= 4 is 62.3 Å². The van der Waals surface area contributed by atoms with Crippen molar-refractivity contribution in [1.82, 2.24) is 4.90 Å². The van der Waals surface area contributed by atoms with E-state index in [0.29, 0.717) is 16.3 Å². The first-order valence-corrected chi connectivity index (χ1v) is 13.7. The van der Waals surface area contributed by atoms with Gasteiger partial charge < -0.3 is 13.7 Å². The molecule has 8 nitrogen and oxygen atoms in total. The number of ether oxygens (including phenoxy) is 2. The van der Waals surface area contributed by atoms with E-state index in [1.54, 1.807) is 42.5 Å². The Morgan fingerprint density at radius 1 is 0.946 bits per heavy atom. The zero-order chi connectivity index (χ0) is 26.6. The number of hydrogen-bond donors (Lipinski definition) is 0. The standard InChI is InChI=1S/C25H19Cl2NO7S2/c1-33-21-14-16(13-19(27)23(21)35-37(31,32)17-7-3-2-4-8-17)15-22-24(29)28(25(30)36-22)11-12-34-20-10-6-5-9-18(20)26/h2-10,13-15H,11-12H2,1H3/b22-15-. The van der Waals surface area contributed by atoms with Gasteiger partial charge in [0.2, 0.25) is 5.75 Å². The van der Waals surface area contributed by atoms with Crippen LogP contribution in [0, 0.1) is 0 Å². The normalized spacial score (nSPS) is 14.8. The van der Waals surface area contributed by atoms with E-state index in [4.69, 9.17) is 36.9 Å². The van der Waals surface area contributed by atoms with E-state index in [1.807, 2.05) is 0 Å². The van der Waals surface area contributed by atoms with Gasteiger partial charge in [-0.25, -0.2) is 0 Å². The fraction of sp³-hybridized carbons (Fsp3) is 0.120. The predicted molar refractivity (Wildman–Crippen MR) is 142 cm³/mol. The summed E-state index contributed by atoms with van der Waals surface area (Å²) in [5.74, 6) is -0.217. The summed E-state index contributed by atoms with van der Waals surface area (Å²) in [6, 6.07) is 17.3. The number of hydrogen-bond acceptors (Lipinski definition) is 8. The maximum atomic E-state index is 12.8. The highest BCUT2D eigenvalue weighted by atomic mass is 35.5. The van der Waals surface area contributed by atoms with Crippen molar-refractivity contribution in [3.8, 4) is 17.2 Å². The third-order valence-corrected chi connectivity index (χ3v) is 7.79. The molecule has 1 aliphatic rings. The Morgan fingerprint density at radius 3 is 2.35 bits per heavy atom. The summed E-state index contributed by atoms with van der Waals surface area (Å²) in [6.45, 7) is 0.0953. The van der Waals surface area contributed by atoms with E-state index in [0.717, 1.165) is 16.7 Å². The van der Waals surface area contributed by atoms with Crippen molar-refractivity contribution in [2.75, 3.05) is 20.3 Å². The van der Waals surface area contributed by atoms with Gasteiger partial charge in [0.05, 0.1) is 28.6 Å². The number of methoxy groups -OCH3 is 1. The number of thioether (sulfide) groups is 1. The maximum absolute atomic E-state index is 12.8. The van der Waals surface area contributed by atoms with Crippen LogP contribution >= 0.6 is 35.0 Å². The highest BCUT2D eigenvalue weighted by Gasteiger charge is 2.35. The minimum Gasteiger partial charge on any atom is -0.493 e. The lowest BCUT2D eigenvalue weighted by molar-refractivity contribution is -0.123. The van der Waals surface area contributed by atoms with Gasteiger partial charge in [0.25, 0.3) is 11.1 Å². The Hall–Kier alpha value is -3.18. The van der Waals surface area contributed by atoms with Gasteiger partial charge in [-0.3, -0.25) is 14.5 Å². The fourth-order valence-electron chi connectivity index (χ4n) is 3.30. The number of carbonyl (C=O) groups excluding carboxylic acids is 2. The molecule has 3 aromatic carbocycles. The van der Waals surface area contributed by atoms with Crippen molar-refractivity contribution in [3.63, 3.8) is 0 Å². The molecule has 0 radical (unpaired) electrons. The maximum Gasteiger partial charge on any atom is 0.339 e. The van der Waals surface area contributed by atoms with E-state index >= 15 is 0 Å². The Kier molecular flexibility index (Phi) is 8.33. The first-order valence-electron chi connectivity index (χ1n) is 10.7. The van der Waals surface area contributed by atoms with Gasteiger partial charge in [-0.15, -0.1) is 0 Å². The van der Waals surface area contributed by atoms with Crippen LogP contribution in [0.4, 0.5) is 4.79 Å². The van der Waals surface area contributed by atoms with Gasteiger partial charge in [-0.2, -0.15) is 8.42 Å². The Balaban J connectivity index is 1.50. The molecule has 1 aliphatic heterocycles. The molecular weight excluding hydrogens is 561 g/mol. The number of nitrogens with zero attached hydrogens (tertiary/aromatic N) is 1. The summed E-state index contributed by atoms with van der Waals surface area (Å²) >= 11 is 13.1. The topological polar surface area (TPSA) is 99.2 Å². The molecular formula is C25H19Cl2NO7S2. The molecule has 3 aromatic rings. The highest BCUT2D eigenvalue weighted by molar-refractivity contribution is 8.18. The third kappa shape index (κ3) is 6.22. The van der Waals surface area contributed by atoms with Gasteiger partial charge in [0.1, 0.15) is 17.3 Å². The average molecular weight is 580 g/mol. The molecule has 1 saturated heterocycles. The molecule has 0 unspecified atom stereocenters. The Labute approximate surface area is 227 Å². The van der Waals surface area contributed by atoms with E-state index in [1.165, 1.54) is 37.5 Å². The molecule has 0 aliphatic carbocycles. The van der Waals surface area contributed by atoms with Crippen molar-refractivity contribution in [1.29, 1.82) is 0 Å². The number of rotatable bonds is 9. The summed E-state index contributed by atoms with van der Waals surface area (Å²) in [7, 11) is -2.84. The second kappa shape index (κ2) is 11.5. The number of carbonyl (C=O) groups is 2. The SMILES string of the molecule is COc1cc(/C=C2\SC(=O)N(CCOc3ccccc3Cl)C2=O)cc(Cl)c1OS(=O)(=O)c1ccccc1. The van der Waals surface area contributed by atoms with Crippen molar-refractivity contribution < 1.29 is 31.7 Å². The van der Waals surface area contributed by atoms with Crippen LogP contribution in [0.1, 0.15) is 5.56 Å². The summed E-state index contributed by atoms with van der Waals surface area (Å²) < 4.78 is 41.4. The van der Waals surface area contributed by atoms with Crippen LogP contribution < -0.4 is 13.7 Å². The molecule has 0 saturated carbocycles. The van der Waals surface area contributed by atoms with Crippen LogP contribution in [0.5, 0.6) is 17.2 Å². The van der Waals surface area contributed by atoms with Crippen LogP contribution in [0.2, 0.25) is 10.0 Å². The van der Waals surface area contributed by atoms with Gasteiger partial charge in [-0.05, 0) is 59.8 Å². The third-order valence-electron chi connectivity index (χ3n) is 5.06. The largest absolute Gasteiger partial charge is 0.493 e. The molecule has 0 spiro atoms. The molecule has 192 valence electrons. The summed E-state index contributed by atoms with van der Waals surface area (Å²) in [4.78, 5) is 26.5. The number of amides is 2. The minimum atomic E-state index is -4.17. The summed E-state index contributed by atoms with van der Waals surface area (Å²) in [5.41, 5.74) is 0.407. The minimum absolute atomic E-state index is 0.0292. The predicted octanol–water partition coefficient (Wildman–Crippen LogP) is 5.89. The second-order valence-corrected chi connectivity index (χ2v) is 10.9. The first-order chi connectivity index (χ1) is 17.7. The lowest BCUT2D eigenvalue weighted by Gasteiger charge is -2.14. The van der Waals surface area contributed by atoms with E-state index in [2.05, 4.69) is 0 Å². The van der Waals surface area contributed by atoms with Crippen LogP contribution in [-0.2, 0) is 14.9 Å². The average Bonchev–Trinajstić information content (AvgIpc) is 3.14. The van der Waals surface area contributed by atoms with Gasteiger partial charge in [-0.1, -0.05) is 53.5 Å². The van der Waals surface area contributed by atoms with E-state index in [9.17, 15) is 18.0 Å². The van der Waals surface area contributed by atoms with Gasteiger partial charge >= 0.3 is 10.1 Å². The van der Waals surface area contributed by atoms with Crippen LogP contribution in [0.25, 0.3) is 6.08 Å². The lowest BCUT2D eigenvalue weighted by Crippen LogP contribution is -2.32.